The molecule has 0 N–H and O–H groups in total. The van der Waals surface area contributed by atoms with Crippen LogP contribution in [-0.2, 0) is 9.53 Å². The Bertz CT molecular complexity index is 452. The number of ether oxygens (including phenoxy) is 1. The van der Waals surface area contributed by atoms with Gasteiger partial charge in [0.2, 0.25) is 0 Å². The summed E-state index contributed by atoms with van der Waals surface area (Å²) in [4.78, 5) is 10.7. The molecule has 2 nitrogen and oxygen atoms in total. The number of rotatable bonds is 1. The fourth-order valence-electron chi connectivity index (χ4n) is 0.939. The van der Waals surface area contributed by atoms with Gasteiger partial charge in [0.15, 0.2) is 0 Å². The minimum absolute atomic E-state index is 0.0188. The SMILES string of the molecule is COC(=O)CC#Cc1c(F)cc(F)cc1Br. The van der Waals surface area contributed by atoms with E-state index >= 15 is 0 Å². The van der Waals surface area contributed by atoms with Crippen molar-refractivity contribution in [3.8, 4) is 11.8 Å². The highest BCUT2D eigenvalue weighted by molar-refractivity contribution is 9.10. The molecule has 1 rings (SSSR count). The molecule has 0 saturated heterocycles. The third kappa shape index (κ3) is 3.31. The van der Waals surface area contributed by atoms with Crippen LogP contribution in [-0.4, -0.2) is 13.1 Å². The van der Waals surface area contributed by atoms with E-state index in [9.17, 15) is 13.6 Å². The lowest BCUT2D eigenvalue weighted by atomic mass is 10.2. The van der Waals surface area contributed by atoms with E-state index in [-0.39, 0.29) is 16.5 Å². The van der Waals surface area contributed by atoms with Crippen molar-refractivity contribution >= 4 is 21.9 Å². The maximum Gasteiger partial charge on any atom is 0.317 e. The van der Waals surface area contributed by atoms with Crippen molar-refractivity contribution in [1.82, 2.24) is 0 Å². The molecule has 0 aliphatic rings. The summed E-state index contributed by atoms with van der Waals surface area (Å²) >= 11 is 2.98. The van der Waals surface area contributed by atoms with Gasteiger partial charge in [0, 0.05) is 10.5 Å². The Morgan fingerprint density at radius 1 is 1.50 bits per heavy atom. The lowest BCUT2D eigenvalue weighted by Gasteiger charge is -1.98. The molecule has 84 valence electrons. The fourth-order valence-corrected chi connectivity index (χ4v) is 1.45. The van der Waals surface area contributed by atoms with Gasteiger partial charge in [-0.05, 0) is 22.0 Å². The lowest BCUT2D eigenvalue weighted by Crippen LogP contribution is -1.97. The van der Waals surface area contributed by atoms with Gasteiger partial charge in [-0.2, -0.15) is 0 Å². The summed E-state index contributed by atoms with van der Waals surface area (Å²) in [6, 6.07) is 1.83. The Morgan fingerprint density at radius 2 is 2.19 bits per heavy atom. The zero-order chi connectivity index (χ0) is 12.1. The van der Waals surface area contributed by atoms with E-state index in [2.05, 4.69) is 32.5 Å². The molecule has 1 aromatic rings. The third-order valence-corrected chi connectivity index (χ3v) is 2.31. The summed E-state index contributed by atoms with van der Waals surface area (Å²) in [5.41, 5.74) is 0.0188. The maximum absolute atomic E-state index is 13.2. The van der Waals surface area contributed by atoms with Crippen LogP contribution >= 0.6 is 15.9 Å². The number of halogens is 3. The van der Waals surface area contributed by atoms with Crippen LogP contribution in [0.25, 0.3) is 0 Å². The van der Waals surface area contributed by atoms with Gasteiger partial charge in [-0.25, -0.2) is 8.78 Å². The second-order valence-corrected chi connectivity index (χ2v) is 3.65. The predicted molar refractivity (Wildman–Crippen MR) is 57.6 cm³/mol. The van der Waals surface area contributed by atoms with Gasteiger partial charge in [0.1, 0.15) is 18.1 Å². The van der Waals surface area contributed by atoms with Gasteiger partial charge in [-0.1, -0.05) is 11.8 Å². The summed E-state index contributed by atoms with van der Waals surface area (Å²) in [6.07, 6.45) is -0.139. The predicted octanol–water partition coefficient (Wildman–Crippen LogP) is 2.64. The van der Waals surface area contributed by atoms with Crippen molar-refractivity contribution in [3.63, 3.8) is 0 Å². The standard InChI is InChI=1S/C11H7BrF2O2/c1-16-11(15)4-2-3-8-9(12)5-7(13)6-10(8)14/h5-6H,4H2,1H3. The summed E-state index contributed by atoms with van der Waals surface area (Å²) in [5.74, 6) is 2.90. The van der Waals surface area contributed by atoms with Gasteiger partial charge < -0.3 is 4.74 Å². The average Bonchev–Trinajstić information content (AvgIpc) is 2.21. The second kappa shape index (κ2) is 5.61. The zero-order valence-corrected chi connectivity index (χ0v) is 9.90. The number of benzene rings is 1. The molecule has 0 unspecified atom stereocenters. The summed E-state index contributed by atoms with van der Waals surface area (Å²) < 4.78 is 30.5. The molecule has 0 spiro atoms. The molecular weight excluding hydrogens is 282 g/mol. The summed E-state index contributed by atoms with van der Waals surface area (Å²) in [6.45, 7) is 0. The Morgan fingerprint density at radius 3 is 2.75 bits per heavy atom. The quantitative estimate of drug-likeness (QED) is 0.587. The zero-order valence-electron chi connectivity index (χ0n) is 8.31. The Hall–Kier alpha value is -1.41. The molecule has 0 amide bonds. The molecule has 0 heterocycles. The second-order valence-electron chi connectivity index (χ2n) is 2.80. The Kier molecular flexibility index (Phi) is 4.44. The van der Waals surface area contributed by atoms with Crippen LogP contribution in [0.5, 0.6) is 0 Å². The number of methoxy groups -OCH3 is 1. The van der Waals surface area contributed by atoms with Crippen LogP contribution in [0, 0.1) is 23.5 Å². The first-order valence-electron chi connectivity index (χ1n) is 4.25. The summed E-state index contributed by atoms with van der Waals surface area (Å²) in [5, 5.41) is 0. The highest BCUT2D eigenvalue weighted by Crippen LogP contribution is 2.20. The normalized spacial score (nSPS) is 9.25. The van der Waals surface area contributed by atoms with Gasteiger partial charge >= 0.3 is 5.97 Å². The number of esters is 1. The van der Waals surface area contributed by atoms with E-state index in [0.29, 0.717) is 0 Å². The van der Waals surface area contributed by atoms with Gasteiger partial charge in [-0.3, -0.25) is 4.79 Å². The fraction of sp³-hybridized carbons (Fsp3) is 0.182. The van der Waals surface area contributed by atoms with E-state index in [1.807, 2.05) is 0 Å². The molecule has 0 saturated carbocycles. The minimum atomic E-state index is -0.774. The summed E-state index contributed by atoms with van der Waals surface area (Å²) in [7, 11) is 1.23. The Labute approximate surface area is 99.7 Å². The van der Waals surface area contributed by atoms with Crippen LogP contribution in [0.2, 0.25) is 0 Å². The van der Waals surface area contributed by atoms with Crippen molar-refractivity contribution in [1.29, 1.82) is 0 Å². The molecule has 0 aromatic heterocycles. The topological polar surface area (TPSA) is 26.3 Å². The molecule has 0 aliphatic carbocycles. The van der Waals surface area contributed by atoms with Crippen LogP contribution in [0.1, 0.15) is 12.0 Å². The van der Waals surface area contributed by atoms with E-state index < -0.39 is 17.6 Å². The highest BCUT2D eigenvalue weighted by Gasteiger charge is 2.06. The molecular formula is C11H7BrF2O2. The molecule has 0 radical (unpaired) electrons. The minimum Gasteiger partial charge on any atom is -0.468 e. The van der Waals surface area contributed by atoms with E-state index in [1.54, 1.807) is 0 Å². The molecule has 0 atom stereocenters. The monoisotopic (exact) mass is 288 g/mol. The number of carbonyl (C=O) groups excluding carboxylic acids is 1. The first kappa shape index (κ1) is 12.7. The van der Waals surface area contributed by atoms with Gasteiger partial charge in [-0.15, -0.1) is 0 Å². The van der Waals surface area contributed by atoms with Crippen LogP contribution < -0.4 is 0 Å². The van der Waals surface area contributed by atoms with Crippen molar-refractivity contribution in [3.05, 3.63) is 33.8 Å². The number of hydrogen-bond acceptors (Lipinski definition) is 2. The van der Waals surface area contributed by atoms with Gasteiger partial charge in [0.25, 0.3) is 0 Å². The molecule has 16 heavy (non-hydrogen) atoms. The van der Waals surface area contributed by atoms with Crippen LogP contribution in [0.4, 0.5) is 8.78 Å². The van der Waals surface area contributed by atoms with E-state index in [0.717, 1.165) is 12.1 Å². The molecule has 0 bridgehead atoms. The van der Waals surface area contributed by atoms with E-state index in [4.69, 9.17) is 0 Å². The van der Waals surface area contributed by atoms with Crippen LogP contribution in [0.15, 0.2) is 16.6 Å². The molecule has 0 aliphatic heterocycles. The Balaban J connectivity index is 2.93. The van der Waals surface area contributed by atoms with Crippen molar-refractivity contribution < 1.29 is 18.3 Å². The number of carbonyl (C=O) groups is 1. The van der Waals surface area contributed by atoms with Gasteiger partial charge in [0.05, 0.1) is 12.7 Å². The third-order valence-electron chi connectivity index (χ3n) is 1.68. The van der Waals surface area contributed by atoms with Crippen molar-refractivity contribution in [2.75, 3.05) is 7.11 Å². The maximum atomic E-state index is 13.2. The van der Waals surface area contributed by atoms with Crippen LogP contribution in [0.3, 0.4) is 0 Å². The first-order chi connectivity index (χ1) is 7.54. The van der Waals surface area contributed by atoms with E-state index in [1.165, 1.54) is 7.11 Å². The smallest absolute Gasteiger partial charge is 0.317 e. The number of hydrogen-bond donors (Lipinski definition) is 0. The van der Waals surface area contributed by atoms with Crippen molar-refractivity contribution in [2.45, 2.75) is 6.42 Å². The molecule has 1 aromatic carbocycles. The highest BCUT2D eigenvalue weighted by atomic mass is 79.9. The lowest BCUT2D eigenvalue weighted by molar-refractivity contribution is -0.139. The first-order valence-corrected chi connectivity index (χ1v) is 5.04. The molecule has 0 fully saturated rings. The van der Waals surface area contributed by atoms with Crippen molar-refractivity contribution in [2.24, 2.45) is 0 Å². The molecule has 5 heteroatoms. The largest absolute Gasteiger partial charge is 0.468 e. The average molecular weight is 289 g/mol.